The molecule has 0 fully saturated rings. The standard InChI is InChI=1S/C25H29NO5/c1-5-25(3,24(27)28-4)30-21-14-12-20(13-15-21)29-16-6-7-22-17-23(26-31-22)19-10-8-18(2)9-11-19/h8-15,17H,5-7,16H2,1-4H3. The van der Waals surface area contributed by atoms with Crippen LogP contribution < -0.4 is 9.47 Å². The highest BCUT2D eigenvalue weighted by Crippen LogP contribution is 2.25. The van der Waals surface area contributed by atoms with Crippen LogP contribution in [0.2, 0.25) is 0 Å². The molecule has 0 radical (unpaired) electrons. The van der Waals surface area contributed by atoms with Gasteiger partial charge in [-0.15, -0.1) is 0 Å². The summed E-state index contributed by atoms with van der Waals surface area (Å²) in [5.41, 5.74) is 2.10. The number of carbonyl (C=O) groups excluding carboxylic acids is 1. The number of hydrogen-bond acceptors (Lipinski definition) is 6. The van der Waals surface area contributed by atoms with Crippen molar-refractivity contribution in [1.29, 1.82) is 0 Å². The quantitative estimate of drug-likeness (QED) is 0.322. The van der Waals surface area contributed by atoms with E-state index in [2.05, 4.69) is 24.2 Å². The van der Waals surface area contributed by atoms with E-state index in [0.717, 1.165) is 35.6 Å². The molecule has 0 aliphatic carbocycles. The summed E-state index contributed by atoms with van der Waals surface area (Å²) in [7, 11) is 1.36. The molecule has 1 heterocycles. The summed E-state index contributed by atoms with van der Waals surface area (Å²) < 4.78 is 21.9. The molecule has 1 unspecified atom stereocenters. The van der Waals surface area contributed by atoms with Gasteiger partial charge in [0.15, 0.2) is 0 Å². The number of aryl methyl sites for hydroxylation is 2. The van der Waals surface area contributed by atoms with Crippen LogP contribution in [0, 0.1) is 6.92 Å². The molecule has 0 bridgehead atoms. The predicted octanol–water partition coefficient (Wildman–Crippen LogP) is 5.38. The largest absolute Gasteiger partial charge is 0.494 e. The van der Waals surface area contributed by atoms with Crippen LogP contribution >= 0.6 is 0 Å². The van der Waals surface area contributed by atoms with Crippen molar-refractivity contribution in [3.8, 4) is 22.8 Å². The van der Waals surface area contributed by atoms with E-state index >= 15 is 0 Å². The third-order valence-corrected chi connectivity index (χ3v) is 5.20. The fourth-order valence-electron chi connectivity index (χ4n) is 3.07. The summed E-state index contributed by atoms with van der Waals surface area (Å²) in [5.74, 6) is 1.77. The molecule has 0 aliphatic heterocycles. The second-order valence-corrected chi connectivity index (χ2v) is 7.65. The number of aromatic nitrogens is 1. The van der Waals surface area contributed by atoms with Gasteiger partial charge in [-0.3, -0.25) is 0 Å². The van der Waals surface area contributed by atoms with Crippen molar-refractivity contribution in [2.24, 2.45) is 0 Å². The Morgan fingerprint density at radius 2 is 1.74 bits per heavy atom. The van der Waals surface area contributed by atoms with Crippen LogP contribution in [-0.4, -0.2) is 30.4 Å². The number of esters is 1. The van der Waals surface area contributed by atoms with Crippen molar-refractivity contribution >= 4 is 5.97 Å². The van der Waals surface area contributed by atoms with Crippen molar-refractivity contribution in [3.63, 3.8) is 0 Å². The van der Waals surface area contributed by atoms with E-state index in [1.165, 1.54) is 12.7 Å². The molecule has 0 saturated heterocycles. The summed E-state index contributed by atoms with van der Waals surface area (Å²) in [4.78, 5) is 11.9. The molecule has 0 aliphatic rings. The molecule has 3 rings (SSSR count). The Bertz CT molecular complexity index is 978. The summed E-state index contributed by atoms with van der Waals surface area (Å²) in [6.45, 7) is 6.21. The van der Waals surface area contributed by atoms with Gasteiger partial charge < -0.3 is 18.7 Å². The molecule has 1 aromatic heterocycles. The average molecular weight is 424 g/mol. The van der Waals surface area contributed by atoms with Gasteiger partial charge in [-0.1, -0.05) is 41.9 Å². The van der Waals surface area contributed by atoms with Crippen LogP contribution in [0.25, 0.3) is 11.3 Å². The Balaban J connectivity index is 1.46. The van der Waals surface area contributed by atoms with Crippen molar-refractivity contribution in [3.05, 3.63) is 65.9 Å². The summed E-state index contributed by atoms with van der Waals surface area (Å²) in [5, 5.41) is 4.15. The van der Waals surface area contributed by atoms with Gasteiger partial charge in [-0.25, -0.2) is 4.79 Å². The maximum Gasteiger partial charge on any atom is 0.349 e. The van der Waals surface area contributed by atoms with Crippen LogP contribution in [0.4, 0.5) is 0 Å². The van der Waals surface area contributed by atoms with E-state index < -0.39 is 11.6 Å². The molecule has 31 heavy (non-hydrogen) atoms. The molecule has 0 amide bonds. The van der Waals surface area contributed by atoms with Gasteiger partial charge in [0, 0.05) is 18.1 Å². The normalized spacial score (nSPS) is 12.8. The zero-order chi connectivity index (χ0) is 22.3. The summed E-state index contributed by atoms with van der Waals surface area (Å²) in [6, 6.07) is 17.4. The van der Waals surface area contributed by atoms with Crippen molar-refractivity contribution in [2.75, 3.05) is 13.7 Å². The highest BCUT2D eigenvalue weighted by Gasteiger charge is 2.34. The summed E-state index contributed by atoms with van der Waals surface area (Å²) in [6.07, 6.45) is 2.05. The topological polar surface area (TPSA) is 70.8 Å². The SMILES string of the molecule is CCC(C)(Oc1ccc(OCCCc2cc(-c3ccc(C)cc3)no2)cc1)C(=O)OC. The Hall–Kier alpha value is -3.28. The number of carbonyl (C=O) groups is 1. The van der Waals surface area contributed by atoms with Crippen molar-refractivity contribution < 1.29 is 23.5 Å². The smallest absolute Gasteiger partial charge is 0.349 e. The maximum absolute atomic E-state index is 11.9. The molecular weight excluding hydrogens is 394 g/mol. The van der Waals surface area contributed by atoms with Crippen molar-refractivity contribution in [1.82, 2.24) is 5.16 Å². The number of hydrogen-bond donors (Lipinski definition) is 0. The molecule has 0 N–H and O–H groups in total. The lowest BCUT2D eigenvalue weighted by molar-refractivity contribution is -0.157. The fraction of sp³-hybridized carbons (Fsp3) is 0.360. The second kappa shape index (κ2) is 10.2. The highest BCUT2D eigenvalue weighted by atomic mass is 16.6. The minimum Gasteiger partial charge on any atom is -0.494 e. The van der Waals surface area contributed by atoms with Gasteiger partial charge in [0.25, 0.3) is 0 Å². The lowest BCUT2D eigenvalue weighted by Crippen LogP contribution is -2.41. The Kier molecular flexibility index (Phi) is 7.34. The molecule has 164 valence electrons. The molecular formula is C25H29NO5. The number of nitrogens with zero attached hydrogens (tertiary/aromatic N) is 1. The molecule has 6 nitrogen and oxygen atoms in total. The van der Waals surface area contributed by atoms with E-state index in [1.54, 1.807) is 19.1 Å². The molecule has 0 spiro atoms. The third-order valence-electron chi connectivity index (χ3n) is 5.20. The van der Waals surface area contributed by atoms with E-state index in [4.69, 9.17) is 18.7 Å². The van der Waals surface area contributed by atoms with Crippen LogP contribution in [0.15, 0.2) is 59.1 Å². The van der Waals surface area contributed by atoms with Crippen molar-refractivity contribution in [2.45, 2.75) is 45.6 Å². The van der Waals surface area contributed by atoms with E-state index in [-0.39, 0.29) is 0 Å². The first-order valence-electron chi connectivity index (χ1n) is 10.5. The number of benzene rings is 2. The number of methoxy groups -OCH3 is 1. The zero-order valence-corrected chi connectivity index (χ0v) is 18.5. The first-order chi connectivity index (χ1) is 14.9. The number of ether oxygens (including phenoxy) is 3. The Morgan fingerprint density at radius 3 is 2.39 bits per heavy atom. The van der Waals surface area contributed by atoms with Gasteiger partial charge in [0.05, 0.1) is 13.7 Å². The van der Waals surface area contributed by atoms with Crippen LogP contribution in [0.5, 0.6) is 11.5 Å². The molecule has 3 aromatic rings. The van der Waals surface area contributed by atoms with E-state index in [9.17, 15) is 4.79 Å². The average Bonchev–Trinajstić information content (AvgIpc) is 3.26. The minimum absolute atomic E-state index is 0.395. The first kappa shape index (κ1) is 22.4. The third kappa shape index (κ3) is 5.87. The maximum atomic E-state index is 11.9. The van der Waals surface area contributed by atoms with Gasteiger partial charge >= 0.3 is 5.97 Å². The van der Waals surface area contributed by atoms with Crippen LogP contribution in [-0.2, 0) is 16.0 Å². The predicted molar refractivity (Wildman–Crippen MR) is 118 cm³/mol. The zero-order valence-electron chi connectivity index (χ0n) is 18.5. The van der Waals surface area contributed by atoms with E-state index in [1.807, 2.05) is 37.3 Å². The molecule has 2 aromatic carbocycles. The van der Waals surface area contributed by atoms with Gasteiger partial charge in [-0.05, 0) is 51.0 Å². The first-order valence-corrected chi connectivity index (χ1v) is 10.5. The Labute approximate surface area is 183 Å². The fourth-order valence-corrected chi connectivity index (χ4v) is 3.07. The van der Waals surface area contributed by atoms with Gasteiger partial charge in [-0.2, -0.15) is 0 Å². The van der Waals surface area contributed by atoms with E-state index in [0.29, 0.717) is 18.8 Å². The molecule has 6 heteroatoms. The lowest BCUT2D eigenvalue weighted by Gasteiger charge is -2.26. The van der Waals surface area contributed by atoms with Crippen LogP contribution in [0.1, 0.15) is 38.0 Å². The van der Waals surface area contributed by atoms with Crippen LogP contribution in [0.3, 0.4) is 0 Å². The van der Waals surface area contributed by atoms with Gasteiger partial charge in [0.1, 0.15) is 23.0 Å². The van der Waals surface area contributed by atoms with Gasteiger partial charge in [0.2, 0.25) is 5.60 Å². The number of rotatable bonds is 10. The monoisotopic (exact) mass is 423 g/mol. The highest BCUT2D eigenvalue weighted by molar-refractivity contribution is 5.79. The molecule has 1 atom stereocenters. The second-order valence-electron chi connectivity index (χ2n) is 7.65. The Morgan fingerprint density at radius 1 is 1.06 bits per heavy atom. The summed E-state index contributed by atoms with van der Waals surface area (Å²) >= 11 is 0. The lowest BCUT2D eigenvalue weighted by atomic mass is 10.0. The minimum atomic E-state index is -1.01. The molecule has 0 saturated carbocycles.